The van der Waals surface area contributed by atoms with Gasteiger partial charge in [0.05, 0.1) is 18.8 Å². The predicted octanol–water partition coefficient (Wildman–Crippen LogP) is 5.62. The molecule has 178 valence electrons. The lowest BCUT2D eigenvalue weighted by molar-refractivity contribution is -0.384. The van der Waals surface area contributed by atoms with E-state index in [0.717, 1.165) is 18.2 Å². The van der Waals surface area contributed by atoms with Crippen LogP contribution in [0.3, 0.4) is 0 Å². The lowest BCUT2D eigenvalue weighted by Gasteiger charge is -2.15. The number of hydrogen-bond acceptors (Lipinski definition) is 7. The number of nitro benzene ring substituents is 1. The number of hydrogen-bond donors (Lipinski definition) is 2. The van der Waals surface area contributed by atoms with Gasteiger partial charge in [0.25, 0.3) is 5.69 Å². The minimum Gasteiger partial charge on any atom is -0.508 e. The molecule has 0 aromatic heterocycles. The number of non-ortho nitro benzene ring substituents is 1. The SMILES string of the molecule is CC(C)c1cc(Oc2c(Br)cc(C(=O)c3cc([N+](=O)[O-])ccc3S(N)(=O)=O)cc2Br)ccc1O. The number of rotatable bonds is 7. The van der Waals surface area contributed by atoms with Gasteiger partial charge in [-0.3, -0.25) is 14.9 Å². The van der Waals surface area contributed by atoms with Crippen molar-refractivity contribution in [2.75, 3.05) is 0 Å². The lowest BCUT2D eigenvalue weighted by atomic mass is 10.0. The third-order valence-corrected chi connectivity index (χ3v) is 6.97. The number of nitrogens with two attached hydrogens (primary N) is 1. The minimum atomic E-state index is -4.32. The van der Waals surface area contributed by atoms with Crippen LogP contribution in [-0.4, -0.2) is 24.2 Å². The molecule has 0 heterocycles. The molecule has 12 heteroatoms. The Hall–Kier alpha value is -2.80. The molecular weight excluding hydrogens is 596 g/mol. The van der Waals surface area contributed by atoms with Gasteiger partial charge in [-0.05, 0) is 74.2 Å². The molecule has 0 aliphatic heterocycles. The van der Waals surface area contributed by atoms with Crippen LogP contribution in [-0.2, 0) is 10.0 Å². The number of primary sulfonamides is 1. The van der Waals surface area contributed by atoms with E-state index >= 15 is 0 Å². The Kier molecular flexibility index (Phi) is 7.46. The summed E-state index contributed by atoms with van der Waals surface area (Å²) in [5.41, 5.74) is -0.158. The van der Waals surface area contributed by atoms with Crippen LogP contribution in [0.4, 0.5) is 5.69 Å². The van der Waals surface area contributed by atoms with Gasteiger partial charge >= 0.3 is 0 Å². The molecule has 0 bridgehead atoms. The maximum absolute atomic E-state index is 13.2. The van der Waals surface area contributed by atoms with Gasteiger partial charge in [-0.1, -0.05) is 13.8 Å². The zero-order valence-electron chi connectivity index (χ0n) is 17.8. The summed E-state index contributed by atoms with van der Waals surface area (Å²) in [5, 5.41) is 26.4. The Morgan fingerprint density at radius 3 is 2.24 bits per heavy atom. The largest absolute Gasteiger partial charge is 0.508 e. The van der Waals surface area contributed by atoms with E-state index in [-0.39, 0.29) is 17.2 Å². The van der Waals surface area contributed by atoms with E-state index in [1.165, 1.54) is 18.2 Å². The monoisotopic (exact) mass is 612 g/mol. The second-order valence-electron chi connectivity index (χ2n) is 7.56. The summed E-state index contributed by atoms with van der Waals surface area (Å²) >= 11 is 6.69. The molecule has 34 heavy (non-hydrogen) atoms. The zero-order chi connectivity index (χ0) is 25.4. The number of aromatic hydroxyl groups is 1. The number of carbonyl (C=O) groups excluding carboxylic acids is 1. The Bertz CT molecular complexity index is 1400. The van der Waals surface area contributed by atoms with Crippen LogP contribution in [0.25, 0.3) is 0 Å². The van der Waals surface area contributed by atoms with Crippen molar-refractivity contribution in [3.05, 3.63) is 84.3 Å². The average molecular weight is 614 g/mol. The molecule has 0 radical (unpaired) electrons. The fourth-order valence-corrected chi connectivity index (χ4v) is 5.24. The van der Waals surface area contributed by atoms with Crippen molar-refractivity contribution in [2.24, 2.45) is 5.14 Å². The molecule has 0 aliphatic carbocycles. The fourth-order valence-electron chi connectivity index (χ4n) is 3.18. The standard InChI is InChI=1S/C22H18Br2N2O7S/c1-11(2)15-10-14(4-5-19(15)27)33-22-17(23)7-12(8-18(22)24)21(28)16-9-13(26(29)30)3-6-20(16)34(25,31)32/h3-11,27H,1-2H3,(H2,25,31,32). The highest BCUT2D eigenvalue weighted by molar-refractivity contribution is 9.11. The summed E-state index contributed by atoms with van der Waals surface area (Å²) in [6.45, 7) is 3.85. The van der Waals surface area contributed by atoms with Crippen LogP contribution in [0.5, 0.6) is 17.2 Å². The van der Waals surface area contributed by atoms with Crippen LogP contribution in [0.1, 0.15) is 41.3 Å². The second-order valence-corrected chi connectivity index (χ2v) is 10.8. The van der Waals surface area contributed by atoms with Gasteiger partial charge < -0.3 is 9.84 Å². The summed E-state index contributed by atoms with van der Waals surface area (Å²) in [6.07, 6.45) is 0. The van der Waals surface area contributed by atoms with Crippen LogP contribution in [0, 0.1) is 10.1 Å². The molecule has 0 atom stereocenters. The molecule has 3 aromatic carbocycles. The number of ether oxygens (including phenoxy) is 1. The van der Waals surface area contributed by atoms with E-state index in [1.54, 1.807) is 12.1 Å². The number of benzene rings is 3. The van der Waals surface area contributed by atoms with Crippen LogP contribution in [0.2, 0.25) is 0 Å². The molecule has 0 fully saturated rings. The number of carbonyl (C=O) groups is 1. The van der Waals surface area contributed by atoms with Gasteiger partial charge in [-0.15, -0.1) is 0 Å². The maximum Gasteiger partial charge on any atom is 0.270 e. The van der Waals surface area contributed by atoms with Crippen molar-refractivity contribution in [3.63, 3.8) is 0 Å². The molecule has 9 nitrogen and oxygen atoms in total. The molecule has 0 unspecified atom stereocenters. The molecular formula is C22H18Br2N2O7S. The van der Waals surface area contributed by atoms with E-state index in [0.29, 0.717) is 26.0 Å². The molecule has 0 amide bonds. The first kappa shape index (κ1) is 25.8. The number of phenols is 1. The lowest BCUT2D eigenvalue weighted by Crippen LogP contribution is -2.17. The zero-order valence-corrected chi connectivity index (χ0v) is 21.8. The average Bonchev–Trinajstić information content (AvgIpc) is 2.75. The Balaban J connectivity index is 2.05. The van der Waals surface area contributed by atoms with Gasteiger partial charge in [-0.2, -0.15) is 0 Å². The fraction of sp³-hybridized carbons (Fsp3) is 0.136. The summed E-state index contributed by atoms with van der Waals surface area (Å²) in [7, 11) is -4.32. The van der Waals surface area contributed by atoms with Crippen molar-refractivity contribution < 1.29 is 28.0 Å². The summed E-state index contributed by atoms with van der Waals surface area (Å²) < 4.78 is 30.6. The van der Waals surface area contributed by atoms with Gasteiger partial charge in [0.2, 0.25) is 10.0 Å². The quantitative estimate of drug-likeness (QED) is 0.199. The number of ketones is 1. The van der Waals surface area contributed by atoms with Crippen molar-refractivity contribution in [2.45, 2.75) is 24.7 Å². The third kappa shape index (κ3) is 5.46. The van der Waals surface area contributed by atoms with Crippen molar-refractivity contribution in [1.29, 1.82) is 0 Å². The van der Waals surface area contributed by atoms with Crippen molar-refractivity contribution in [3.8, 4) is 17.2 Å². The highest BCUT2D eigenvalue weighted by Gasteiger charge is 2.25. The molecule has 3 aromatic rings. The summed E-state index contributed by atoms with van der Waals surface area (Å²) in [6, 6.07) is 10.4. The Morgan fingerprint density at radius 1 is 1.09 bits per heavy atom. The molecule has 0 aliphatic rings. The van der Waals surface area contributed by atoms with Crippen molar-refractivity contribution in [1.82, 2.24) is 0 Å². The first-order valence-corrected chi connectivity index (χ1v) is 12.8. The first-order chi connectivity index (χ1) is 15.8. The highest BCUT2D eigenvalue weighted by atomic mass is 79.9. The summed E-state index contributed by atoms with van der Waals surface area (Å²) in [5.74, 6) is 0.176. The van der Waals surface area contributed by atoms with Gasteiger partial charge in [0.15, 0.2) is 11.5 Å². The minimum absolute atomic E-state index is 0.0325. The summed E-state index contributed by atoms with van der Waals surface area (Å²) in [4.78, 5) is 23.1. The third-order valence-electron chi connectivity index (χ3n) is 4.83. The molecule has 0 spiro atoms. The maximum atomic E-state index is 13.2. The van der Waals surface area contributed by atoms with Crippen LogP contribution >= 0.6 is 31.9 Å². The normalized spacial score (nSPS) is 11.5. The molecule has 3 rings (SSSR count). The smallest absolute Gasteiger partial charge is 0.270 e. The van der Waals surface area contributed by atoms with E-state index < -0.39 is 36.9 Å². The van der Waals surface area contributed by atoms with E-state index in [1.807, 2.05) is 13.8 Å². The number of phenolic OH excluding ortho intramolecular Hbond substituents is 1. The van der Waals surface area contributed by atoms with Crippen LogP contribution in [0.15, 0.2) is 62.4 Å². The van der Waals surface area contributed by atoms with Gasteiger partial charge in [0, 0.05) is 28.8 Å². The first-order valence-electron chi connectivity index (χ1n) is 9.65. The number of nitro groups is 1. The van der Waals surface area contributed by atoms with Gasteiger partial charge in [-0.25, -0.2) is 13.6 Å². The van der Waals surface area contributed by atoms with Crippen molar-refractivity contribution >= 4 is 53.4 Å². The van der Waals surface area contributed by atoms with E-state index in [2.05, 4.69) is 31.9 Å². The molecule has 3 N–H and O–H groups in total. The van der Waals surface area contributed by atoms with E-state index in [4.69, 9.17) is 9.88 Å². The topological polar surface area (TPSA) is 150 Å². The predicted molar refractivity (Wildman–Crippen MR) is 132 cm³/mol. The highest BCUT2D eigenvalue weighted by Crippen LogP contribution is 2.40. The second kappa shape index (κ2) is 9.82. The Morgan fingerprint density at radius 2 is 1.71 bits per heavy atom. The molecule has 0 saturated carbocycles. The van der Waals surface area contributed by atoms with Crippen LogP contribution < -0.4 is 9.88 Å². The number of sulfonamides is 1. The number of halogens is 2. The van der Waals surface area contributed by atoms with Gasteiger partial charge in [0.1, 0.15) is 11.5 Å². The van der Waals surface area contributed by atoms with E-state index in [9.17, 15) is 28.4 Å². The molecule has 0 saturated heterocycles. The number of nitrogens with zero attached hydrogens (tertiary/aromatic N) is 1. The Labute approximate surface area is 212 Å².